The first-order valence-electron chi connectivity index (χ1n) is 5.83. The summed E-state index contributed by atoms with van der Waals surface area (Å²) in [6.07, 6.45) is 1.07. The van der Waals surface area contributed by atoms with Gasteiger partial charge in [-0.3, -0.25) is 0 Å². The maximum absolute atomic E-state index is 11.9. The number of hydrogen-bond acceptors (Lipinski definition) is 6. The van der Waals surface area contributed by atoms with E-state index in [0.29, 0.717) is 11.3 Å². The van der Waals surface area contributed by atoms with Crippen LogP contribution in [-0.4, -0.2) is 38.0 Å². The van der Waals surface area contributed by atoms with Gasteiger partial charge < -0.3 is 14.4 Å². The maximum Gasteiger partial charge on any atom is 0.374 e. The first kappa shape index (κ1) is 15.0. The second kappa shape index (κ2) is 5.21. The predicted octanol–water partition coefficient (Wildman–Crippen LogP) is 1.76. The van der Waals surface area contributed by atoms with Gasteiger partial charge in [-0.15, -0.1) is 0 Å². The zero-order chi connectivity index (χ0) is 15.8. The number of methoxy groups -OCH3 is 1. The summed E-state index contributed by atoms with van der Waals surface area (Å²) in [6.45, 7) is 1.71. The summed E-state index contributed by atoms with van der Waals surface area (Å²) in [7, 11) is -2.07. The number of hydrogen-bond donors (Lipinski definition) is 1. The van der Waals surface area contributed by atoms with Crippen molar-refractivity contribution in [1.82, 2.24) is 5.16 Å². The van der Waals surface area contributed by atoms with E-state index in [2.05, 4.69) is 9.68 Å². The zero-order valence-electron chi connectivity index (χ0n) is 11.6. The molecule has 0 aliphatic rings. The van der Waals surface area contributed by atoms with Gasteiger partial charge in [0.05, 0.1) is 12.0 Å². The van der Waals surface area contributed by atoms with Crippen LogP contribution < -0.4 is 4.74 Å². The van der Waals surface area contributed by atoms with Gasteiger partial charge in [-0.1, -0.05) is 5.16 Å². The molecule has 1 aromatic carbocycles. The summed E-state index contributed by atoms with van der Waals surface area (Å²) in [5.41, 5.74) is 0.992. The molecule has 2 aromatic rings. The number of aromatic nitrogens is 1. The average molecular weight is 311 g/mol. The fourth-order valence-corrected chi connectivity index (χ4v) is 2.85. The minimum Gasteiger partial charge on any atom is -0.496 e. The smallest absolute Gasteiger partial charge is 0.374 e. The summed E-state index contributed by atoms with van der Waals surface area (Å²) in [6, 6.07) is 4.12. The fraction of sp³-hybridized carbons (Fsp3) is 0.231. The minimum absolute atomic E-state index is 0.0334. The lowest BCUT2D eigenvalue weighted by Gasteiger charge is -2.11. The molecule has 0 aliphatic carbocycles. The van der Waals surface area contributed by atoms with Crippen molar-refractivity contribution in [3.8, 4) is 17.0 Å². The first-order chi connectivity index (χ1) is 9.74. The lowest BCUT2D eigenvalue weighted by atomic mass is 10.1. The number of nitrogens with zero attached hydrogens (tertiary/aromatic N) is 1. The number of carbonyl (C=O) groups is 1. The second-order valence-corrected chi connectivity index (χ2v) is 6.46. The molecule has 2 rings (SSSR count). The SMILES string of the molecule is COc1cc(-c2cc(C(=O)O)on2)c(S(C)(=O)=O)cc1C. The molecule has 1 aromatic heterocycles. The molecular weight excluding hydrogens is 298 g/mol. The van der Waals surface area contributed by atoms with Crippen LogP contribution in [-0.2, 0) is 9.84 Å². The molecule has 0 bridgehead atoms. The number of rotatable bonds is 4. The van der Waals surface area contributed by atoms with Gasteiger partial charge >= 0.3 is 5.97 Å². The van der Waals surface area contributed by atoms with Crippen LogP contribution in [0.2, 0.25) is 0 Å². The molecular formula is C13H13NO6S. The van der Waals surface area contributed by atoms with Gasteiger partial charge in [0.1, 0.15) is 11.4 Å². The van der Waals surface area contributed by atoms with Crippen molar-refractivity contribution >= 4 is 15.8 Å². The Morgan fingerprint density at radius 2 is 2.00 bits per heavy atom. The van der Waals surface area contributed by atoms with Crippen molar-refractivity contribution in [2.45, 2.75) is 11.8 Å². The average Bonchev–Trinajstić information content (AvgIpc) is 2.87. The number of aromatic carboxylic acids is 1. The van der Waals surface area contributed by atoms with Crippen molar-refractivity contribution < 1.29 is 27.6 Å². The molecule has 7 nitrogen and oxygen atoms in total. The van der Waals surface area contributed by atoms with Gasteiger partial charge in [-0.25, -0.2) is 13.2 Å². The van der Waals surface area contributed by atoms with E-state index in [0.717, 1.165) is 6.26 Å². The predicted molar refractivity (Wildman–Crippen MR) is 73.3 cm³/mol. The lowest BCUT2D eigenvalue weighted by molar-refractivity contribution is 0.0652. The minimum atomic E-state index is -3.52. The summed E-state index contributed by atoms with van der Waals surface area (Å²) >= 11 is 0. The normalized spacial score (nSPS) is 11.4. The Hall–Kier alpha value is -2.35. The number of ether oxygens (including phenoxy) is 1. The summed E-state index contributed by atoms with van der Waals surface area (Å²) < 4.78 is 33.6. The summed E-state index contributed by atoms with van der Waals surface area (Å²) in [5, 5.41) is 12.5. The Bertz CT molecular complexity index is 806. The van der Waals surface area contributed by atoms with Crippen LogP contribution in [0.5, 0.6) is 5.75 Å². The number of sulfone groups is 1. The van der Waals surface area contributed by atoms with Crippen molar-refractivity contribution in [3.05, 3.63) is 29.5 Å². The highest BCUT2D eigenvalue weighted by Crippen LogP contribution is 2.33. The van der Waals surface area contributed by atoms with E-state index in [9.17, 15) is 13.2 Å². The van der Waals surface area contributed by atoms with Crippen molar-refractivity contribution in [3.63, 3.8) is 0 Å². The maximum atomic E-state index is 11.9. The van der Waals surface area contributed by atoms with Crippen molar-refractivity contribution in [1.29, 1.82) is 0 Å². The molecule has 1 N–H and O–H groups in total. The number of benzene rings is 1. The number of aryl methyl sites for hydroxylation is 1. The number of carboxylic acids is 1. The molecule has 8 heteroatoms. The lowest BCUT2D eigenvalue weighted by Crippen LogP contribution is -2.02. The van der Waals surface area contributed by atoms with E-state index >= 15 is 0 Å². The second-order valence-electron chi connectivity index (χ2n) is 4.47. The molecule has 0 aliphatic heterocycles. The third-order valence-corrected chi connectivity index (χ3v) is 4.03. The van der Waals surface area contributed by atoms with Gasteiger partial charge in [0.25, 0.3) is 0 Å². The third-order valence-electron chi connectivity index (χ3n) is 2.89. The highest BCUT2D eigenvalue weighted by Gasteiger charge is 2.21. The molecule has 0 radical (unpaired) electrons. The van der Waals surface area contributed by atoms with Crippen molar-refractivity contribution in [2.24, 2.45) is 0 Å². The Balaban J connectivity index is 2.73. The van der Waals surface area contributed by atoms with Crippen LogP contribution in [0.4, 0.5) is 0 Å². The Labute approximate surface area is 121 Å². The van der Waals surface area contributed by atoms with Gasteiger partial charge in [0.15, 0.2) is 9.84 Å². The van der Waals surface area contributed by atoms with E-state index < -0.39 is 15.8 Å². The topological polar surface area (TPSA) is 107 Å². The molecule has 21 heavy (non-hydrogen) atoms. The highest BCUT2D eigenvalue weighted by molar-refractivity contribution is 7.90. The third kappa shape index (κ3) is 2.89. The molecule has 0 amide bonds. The molecule has 112 valence electrons. The van der Waals surface area contributed by atoms with Crippen LogP contribution in [0.1, 0.15) is 16.1 Å². The van der Waals surface area contributed by atoms with Crippen molar-refractivity contribution in [2.75, 3.05) is 13.4 Å². The first-order valence-corrected chi connectivity index (χ1v) is 7.72. The van der Waals surface area contributed by atoms with Gasteiger partial charge in [0.2, 0.25) is 5.76 Å². The van der Waals surface area contributed by atoms with E-state index in [4.69, 9.17) is 9.84 Å². The van der Waals surface area contributed by atoms with E-state index in [1.807, 2.05) is 0 Å². The monoisotopic (exact) mass is 311 g/mol. The highest BCUT2D eigenvalue weighted by atomic mass is 32.2. The van der Waals surface area contributed by atoms with Crippen LogP contribution in [0.25, 0.3) is 11.3 Å². The Morgan fingerprint density at radius 3 is 2.48 bits per heavy atom. The van der Waals surface area contributed by atoms with Crippen LogP contribution >= 0.6 is 0 Å². The fourth-order valence-electron chi connectivity index (χ4n) is 1.89. The molecule has 0 atom stereocenters. The van der Waals surface area contributed by atoms with Gasteiger partial charge in [-0.2, -0.15) is 0 Å². The van der Waals surface area contributed by atoms with Gasteiger partial charge in [0, 0.05) is 17.9 Å². The Morgan fingerprint density at radius 1 is 1.33 bits per heavy atom. The van der Waals surface area contributed by atoms with E-state index in [1.165, 1.54) is 25.3 Å². The van der Waals surface area contributed by atoms with E-state index in [-0.39, 0.29) is 21.9 Å². The standard InChI is InChI=1S/C13H13NO6S/c1-7-4-12(21(3,17)18)8(5-10(7)19-2)9-6-11(13(15)16)20-14-9/h4-6H,1-3H3,(H,15,16). The molecule has 0 fully saturated rings. The van der Waals surface area contributed by atoms with Crippen LogP contribution in [0, 0.1) is 6.92 Å². The molecule has 0 unspecified atom stereocenters. The molecule has 0 saturated carbocycles. The molecule has 0 saturated heterocycles. The van der Waals surface area contributed by atoms with Gasteiger partial charge in [-0.05, 0) is 24.6 Å². The summed E-state index contributed by atoms with van der Waals surface area (Å²) in [4.78, 5) is 10.9. The largest absolute Gasteiger partial charge is 0.496 e. The number of carboxylic acid groups (broad SMARTS) is 1. The summed E-state index contributed by atoms with van der Waals surface area (Å²) in [5.74, 6) is -1.19. The quantitative estimate of drug-likeness (QED) is 0.916. The molecule has 1 heterocycles. The van der Waals surface area contributed by atoms with E-state index in [1.54, 1.807) is 6.92 Å². The zero-order valence-corrected chi connectivity index (χ0v) is 12.4. The molecule has 0 spiro atoms. The van der Waals surface area contributed by atoms with Crippen LogP contribution in [0.15, 0.2) is 27.6 Å². The Kier molecular flexibility index (Phi) is 3.73. The van der Waals surface area contributed by atoms with Crippen LogP contribution in [0.3, 0.4) is 0 Å².